The van der Waals surface area contributed by atoms with Crippen molar-refractivity contribution in [1.82, 2.24) is 14.8 Å². The summed E-state index contributed by atoms with van der Waals surface area (Å²) < 4.78 is 1.35. The highest BCUT2D eigenvalue weighted by atomic mass is 16.6. The quantitative estimate of drug-likeness (QED) is 0.666. The van der Waals surface area contributed by atoms with Gasteiger partial charge in [0.25, 0.3) is 0 Å². The van der Waals surface area contributed by atoms with Gasteiger partial charge in [-0.3, -0.25) is 10.1 Å². The van der Waals surface area contributed by atoms with E-state index in [-0.39, 0.29) is 17.1 Å². The number of aromatic carboxylic acids is 1. The third-order valence-electron chi connectivity index (χ3n) is 3.08. The predicted molar refractivity (Wildman–Crippen MR) is 73.7 cm³/mol. The number of carboxylic acids is 1. The molecule has 0 aliphatic carbocycles. The van der Waals surface area contributed by atoms with Gasteiger partial charge in [0.05, 0.1) is 10.5 Å². The van der Waals surface area contributed by atoms with E-state index in [0.29, 0.717) is 24.2 Å². The molecule has 2 rings (SSSR count). The van der Waals surface area contributed by atoms with Crippen LogP contribution in [0.4, 0.5) is 5.69 Å². The highest BCUT2D eigenvalue weighted by Crippen LogP contribution is 2.26. The Balaban J connectivity index is 2.66. The van der Waals surface area contributed by atoms with Crippen LogP contribution >= 0.6 is 0 Å². The van der Waals surface area contributed by atoms with Crippen LogP contribution in [0.15, 0.2) is 18.3 Å². The summed E-state index contributed by atoms with van der Waals surface area (Å²) in [5.74, 6) is -0.830. The molecule has 0 bridgehead atoms. The lowest BCUT2D eigenvalue weighted by atomic mass is 10.2. The van der Waals surface area contributed by atoms with Crippen LogP contribution in [0.3, 0.4) is 0 Å². The number of carboxylic acid groups (broad SMARTS) is 1. The molecular formula is C13H14N4O4. The van der Waals surface area contributed by atoms with E-state index in [0.717, 1.165) is 0 Å². The number of aromatic nitrogens is 3. The first-order valence-corrected chi connectivity index (χ1v) is 6.44. The smallest absolute Gasteiger partial charge is 0.335 e. The van der Waals surface area contributed by atoms with Gasteiger partial charge < -0.3 is 5.11 Å². The van der Waals surface area contributed by atoms with Crippen LogP contribution in [0.25, 0.3) is 5.82 Å². The van der Waals surface area contributed by atoms with Gasteiger partial charge in [0.2, 0.25) is 0 Å². The van der Waals surface area contributed by atoms with E-state index in [2.05, 4.69) is 10.1 Å². The molecule has 0 aliphatic heterocycles. The number of nitrogens with zero attached hydrogens (tertiary/aromatic N) is 4. The normalized spacial score (nSPS) is 10.6. The first kappa shape index (κ1) is 14.6. The van der Waals surface area contributed by atoms with E-state index >= 15 is 0 Å². The molecule has 0 unspecified atom stereocenters. The van der Waals surface area contributed by atoms with Crippen molar-refractivity contribution < 1.29 is 14.8 Å². The second-order valence-electron chi connectivity index (χ2n) is 4.33. The van der Waals surface area contributed by atoms with Crippen LogP contribution in [0.2, 0.25) is 0 Å². The summed E-state index contributed by atoms with van der Waals surface area (Å²) in [5, 5.41) is 24.4. The second-order valence-corrected chi connectivity index (χ2v) is 4.33. The number of rotatable bonds is 5. The van der Waals surface area contributed by atoms with Crippen LogP contribution in [-0.2, 0) is 12.8 Å². The highest BCUT2D eigenvalue weighted by Gasteiger charge is 2.26. The summed E-state index contributed by atoms with van der Waals surface area (Å²) in [5.41, 5.74) is 0.798. The number of hydrogen-bond acceptors (Lipinski definition) is 5. The number of pyridine rings is 1. The zero-order valence-electron chi connectivity index (χ0n) is 11.6. The monoisotopic (exact) mass is 290 g/mol. The molecule has 0 saturated carbocycles. The van der Waals surface area contributed by atoms with Gasteiger partial charge in [-0.25, -0.2) is 14.5 Å². The maximum atomic E-state index is 11.2. The first-order chi connectivity index (χ1) is 9.99. The summed E-state index contributed by atoms with van der Waals surface area (Å²) in [4.78, 5) is 25.8. The lowest BCUT2D eigenvalue weighted by molar-refractivity contribution is -0.386. The van der Waals surface area contributed by atoms with Crippen LogP contribution in [0.1, 0.15) is 35.6 Å². The minimum absolute atomic E-state index is 0.0254. The highest BCUT2D eigenvalue weighted by molar-refractivity contribution is 5.87. The molecule has 8 nitrogen and oxygen atoms in total. The van der Waals surface area contributed by atoms with Gasteiger partial charge in [0.15, 0.2) is 5.82 Å². The average Bonchev–Trinajstić information content (AvgIpc) is 2.86. The maximum Gasteiger partial charge on any atom is 0.335 e. The molecule has 2 aromatic heterocycles. The topological polar surface area (TPSA) is 111 Å². The molecule has 8 heteroatoms. The van der Waals surface area contributed by atoms with Crippen LogP contribution in [0, 0.1) is 10.1 Å². The average molecular weight is 290 g/mol. The Morgan fingerprint density at radius 2 is 2.14 bits per heavy atom. The van der Waals surface area contributed by atoms with Gasteiger partial charge >= 0.3 is 11.7 Å². The lowest BCUT2D eigenvalue weighted by Crippen LogP contribution is -2.07. The predicted octanol–water partition coefficient (Wildman–Crippen LogP) is 2.00. The van der Waals surface area contributed by atoms with Crippen molar-refractivity contribution in [2.45, 2.75) is 26.7 Å². The van der Waals surface area contributed by atoms with Crippen molar-refractivity contribution >= 4 is 11.7 Å². The maximum absolute atomic E-state index is 11.2. The molecule has 0 saturated heterocycles. The van der Waals surface area contributed by atoms with Crippen molar-refractivity contribution in [1.29, 1.82) is 0 Å². The lowest BCUT2D eigenvalue weighted by Gasteiger charge is -2.04. The summed E-state index contributed by atoms with van der Waals surface area (Å²) in [7, 11) is 0. The Morgan fingerprint density at radius 3 is 2.67 bits per heavy atom. The van der Waals surface area contributed by atoms with Crippen LogP contribution < -0.4 is 0 Å². The molecule has 0 atom stereocenters. The van der Waals surface area contributed by atoms with Gasteiger partial charge in [0, 0.05) is 6.20 Å². The van der Waals surface area contributed by atoms with Crippen molar-refractivity contribution in [3.8, 4) is 5.82 Å². The zero-order valence-corrected chi connectivity index (χ0v) is 11.6. The van der Waals surface area contributed by atoms with Gasteiger partial charge in [-0.1, -0.05) is 13.8 Å². The molecule has 110 valence electrons. The molecule has 0 aromatic carbocycles. The molecule has 1 N–H and O–H groups in total. The minimum atomic E-state index is -1.09. The SMILES string of the molecule is CCc1nn(-c2cc(C(=O)O)ccn2)c(CC)c1[N+](=O)[O-]. The Morgan fingerprint density at radius 1 is 1.43 bits per heavy atom. The van der Waals surface area contributed by atoms with Gasteiger partial charge in [-0.05, 0) is 25.0 Å². The molecule has 2 aromatic rings. The summed E-state index contributed by atoms with van der Waals surface area (Å²) in [6.45, 7) is 3.56. The summed E-state index contributed by atoms with van der Waals surface area (Å²) >= 11 is 0. The summed E-state index contributed by atoms with van der Waals surface area (Å²) in [6.07, 6.45) is 2.15. The van der Waals surface area contributed by atoms with Crippen LogP contribution in [0.5, 0.6) is 0 Å². The van der Waals surface area contributed by atoms with Crippen LogP contribution in [-0.4, -0.2) is 30.8 Å². The van der Waals surface area contributed by atoms with Crippen molar-refractivity contribution in [3.05, 3.63) is 45.4 Å². The fraction of sp³-hybridized carbons (Fsp3) is 0.308. The largest absolute Gasteiger partial charge is 0.478 e. The van der Waals surface area contributed by atoms with E-state index in [1.54, 1.807) is 13.8 Å². The van der Waals surface area contributed by atoms with E-state index in [1.807, 2.05) is 0 Å². The molecule has 0 radical (unpaired) electrons. The zero-order chi connectivity index (χ0) is 15.6. The number of carbonyl (C=O) groups is 1. The standard InChI is InChI=1S/C13H14N4O4/c1-3-9-12(17(20)21)10(4-2)16(15-9)11-7-8(13(18)19)5-6-14-11/h5-7H,3-4H2,1-2H3,(H,18,19). The number of hydrogen-bond donors (Lipinski definition) is 1. The number of aryl methyl sites for hydroxylation is 1. The van der Waals surface area contributed by atoms with E-state index in [4.69, 9.17) is 5.11 Å². The third kappa shape index (κ3) is 2.60. The Labute approximate surface area is 120 Å². The molecule has 0 spiro atoms. The van der Waals surface area contributed by atoms with Crippen molar-refractivity contribution in [2.75, 3.05) is 0 Å². The first-order valence-electron chi connectivity index (χ1n) is 6.44. The third-order valence-corrected chi connectivity index (χ3v) is 3.08. The van der Waals surface area contributed by atoms with E-state index in [9.17, 15) is 14.9 Å². The molecule has 0 amide bonds. The Bertz CT molecular complexity index is 708. The number of nitro groups is 1. The fourth-order valence-corrected chi connectivity index (χ4v) is 2.12. The molecular weight excluding hydrogens is 276 g/mol. The molecule has 0 fully saturated rings. The second kappa shape index (κ2) is 5.70. The van der Waals surface area contributed by atoms with Gasteiger partial charge in [0.1, 0.15) is 11.4 Å². The van der Waals surface area contributed by atoms with Crippen molar-refractivity contribution in [2.24, 2.45) is 0 Å². The Hall–Kier alpha value is -2.77. The van der Waals surface area contributed by atoms with Gasteiger partial charge in [-0.15, -0.1) is 0 Å². The van der Waals surface area contributed by atoms with E-state index < -0.39 is 10.9 Å². The fourth-order valence-electron chi connectivity index (χ4n) is 2.12. The van der Waals surface area contributed by atoms with E-state index in [1.165, 1.54) is 23.0 Å². The van der Waals surface area contributed by atoms with Crippen molar-refractivity contribution in [3.63, 3.8) is 0 Å². The Kier molecular flexibility index (Phi) is 3.97. The van der Waals surface area contributed by atoms with Gasteiger partial charge in [-0.2, -0.15) is 5.10 Å². The summed E-state index contributed by atoms with van der Waals surface area (Å²) in [6, 6.07) is 2.70. The molecule has 21 heavy (non-hydrogen) atoms. The minimum Gasteiger partial charge on any atom is -0.478 e. The molecule has 2 heterocycles. The molecule has 0 aliphatic rings.